The first-order valence-corrected chi connectivity index (χ1v) is 12.8. The van der Waals surface area contributed by atoms with Crippen LogP contribution in [0.4, 0.5) is 26.3 Å². The van der Waals surface area contributed by atoms with Crippen molar-refractivity contribution in [3.63, 3.8) is 0 Å². The molecule has 0 saturated carbocycles. The molecule has 0 saturated heterocycles. The van der Waals surface area contributed by atoms with E-state index >= 15 is 0 Å². The van der Waals surface area contributed by atoms with E-state index in [1.165, 1.54) is 0 Å². The van der Waals surface area contributed by atoms with Crippen LogP contribution < -0.4 is 5.32 Å². The van der Waals surface area contributed by atoms with Gasteiger partial charge in [-0.15, -0.1) is 11.1 Å². The first-order chi connectivity index (χ1) is 18.6. The molecule has 1 amide bonds. The Bertz CT molecular complexity index is 1290. The maximum absolute atomic E-state index is 13.5. The SMILES string of the molecule is C=C1Cc2c(C)[c-]c(C)cc2C(c2ccccc2)=N[C@@H]1NC(=O)[C@H](CCC(F)(F)F)[C@H](CCC(F)(F)F)C(C)=O.[Y]. The molecule has 219 valence electrons. The Kier molecular flexibility index (Phi) is 12.1. The molecule has 0 bridgehead atoms. The van der Waals surface area contributed by atoms with Gasteiger partial charge in [-0.05, 0) is 37.3 Å². The minimum absolute atomic E-state index is 0. The van der Waals surface area contributed by atoms with E-state index in [4.69, 9.17) is 4.99 Å². The van der Waals surface area contributed by atoms with Gasteiger partial charge in [0.2, 0.25) is 5.91 Å². The maximum Gasteiger partial charge on any atom is 0.389 e. The molecule has 0 unspecified atom stereocenters. The molecule has 1 heterocycles. The summed E-state index contributed by atoms with van der Waals surface area (Å²) in [5.41, 5.74) is 5.04. The number of hydrogen-bond donors (Lipinski definition) is 1. The molecule has 0 spiro atoms. The second kappa shape index (κ2) is 14.2. The standard InChI is InChI=1S/C30H31F6N2O2.Y/c1-17-14-18(2)24-16-19(3)27(37-26(25(24)15-17)21-8-6-5-7-9-21)38-28(40)23(11-13-30(34,35)36)22(20(4)39)10-12-29(31,32)33;/h5-9,15,22-23,27H,3,10-13,16H2,1-2,4H3,(H,38,40);/q-1;/t22-,23-,27-;/m1./s1. The Labute approximate surface area is 261 Å². The van der Waals surface area contributed by atoms with E-state index < -0.39 is 67.7 Å². The first-order valence-electron chi connectivity index (χ1n) is 12.8. The Balaban J connectivity index is 0.00000588. The molecule has 4 nitrogen and oxygen atoms in total. The maximum atomic E-state index is 13.5. The summed E-state index contributed by atoms with van der Waals surface area (Å²) >= 11 is 0. The van der Waals surface area contributed by atoms with Gasteiger partial charge in [-0.2, -0.15) is 49.6 Å². The molecule has 2 aromatic carbocycles. The second-order valence-electron chi connectivity index (χ2n) is 10.2. The van der Waals surface area contributed by atoms with Gasteiger partial charge in [0.05, 0.1) is 5.71 Å². The number of ketones is 1. The van der Waals surface area contributed by atoms with Gasteiger partial charge in [-0.25, -0.2) is 0 Å². The topological polar surface area (TPSA) is 58.5 Å². The fourth-order valence-electron chi connectivity index (χ4n) is 5.01. The summed E-state index contributed by atoms with van der Waals surface area (Å²) in [7, 11) is 0. The van der Waals surface area contributed by atoms with E-state index in [0.717, 1.165) is 34.7 Å². The molecule has 0 aliphatic carbocycles. The van der Waals surface area contributed by atoms with Crippen LogP contribution >= 0.6 is 0 Å². The monoisotopic (exact) mass is 654 g/mol. The molecule has 0 fully saturated rings. The molecule has 1 N–H and O–H groups in total. The number of aryl methyl sites for hydroxylation is 2. The predicted molar refractivity (Wildman–Crippen MR) is 140 cm³/mol. The van der Waals surface area contributed by atoms with Crippen molar-refractivity contribution in [3.8, 4) is 0 Å². The van der Waals surface area contributed by atoms with E-state index in [-0.39, 0.29) is 39.1 Å². The Morgan fingerprint density at radius 3 is 2.12 bits per heavy atom. The molecule has 41 heavy (non-hydrogen) atoms. The van der Waals surface area contributed by atoms with Crippen molar-refractivity contribution < 1.29 is 68.6 Å². The van der Waals surface area contributed by atoms with Crippen molar-refractivity contribution >= 4 is 17.4 Å². The van der Waals surface area contributed by atoms with Gasteiger partial charge in [0, 0.05) is 57.4 Å². The zero-order valence-corrected chi connectivity index (χ0v) is 25.9. The van der Waals surface area contributed by atoms with E-state index in [9.17, 15) is 35.9 Å². The summed E-state index contributed by atoms with van der Waals surface area (Å²) in [6.07, 6.45) is -14.6. The molecule has 1 aliphatic rings. The minimum atomic E-state index is -4.66. The number of Topliss-reactive ketones (excluding diaryl/α,β-unsaturated/α-hetero) is 1. The molecule has 1 radical (unpaired) electrons. The normalized spacial score (nSPS) is 17.0. The number of fused-ring (bicyclic) bond motifs is 1. The third-order valence-electron chi connectivity index (χ3n) is 6.98. The van der Waals surface area contributed by atoms with Crippen molar-refractivity contribution in [1.29, 1.82) is 0 Å². The molecule has 0 aromatic heterocycles. The summed E-state index contributed by atoms with van der Waals surface area (Å²) in [6.45, 7) is 8.81. The first kappa shape index (κ1) is 34.9. The number of hydrogen-bond acceptors (Lipinski definition) is 3. The number of amides is 1. The zero-order chi connectivity index (χ0) is 29.8. The van der Waals surface area contributed by atoms with Crippen molar-refractivity contribution in [2.45, 2.75) is 71.4 Å². The number of halogens is 6. The average molecular weight is 654 g/mol. The Hall–Kier alpha value is -2.33. The Morgan fingerprint density at radius 1 is 1.02 bits per heavy atom. The van der Waals surface area contributed by atoms with Crippen LogP contribution in [0.2, 0.25) is 0 Å². The van der Waals surface area contributed by atoms with E-state index in [1.807, 2.05) is 50.2 Å². The van der Waals surface area contributed by atoms with Crippen LogP contribution in [0.15, 0.2) is 53.5 Å². The van der Waals surface area contributed by atoms with Crippen LogP contribution in [0.3, 0.4) is 0 Å². The van der Waals surface area contributed by atoms with Crippen molar-refractivity contribution in [2.24, 2.45) is 16.8 Å². The number of alkyl halides is 6. The summed E-state index contributed by atoms with van der Waals surface area (Å²) in [5.74, 6) is -4.93. The van der Waals surface area contributed by atoms with Crippen LogP contribution in [-0.2, 0) is 48.7 Å². The molecule has 2 aromatic rings. The van der Waals surface area contributed by atoms with Crippen LogP contribution in [0, 0.1) is 31.7 Å². The average Bonchev–Trinajstić information content (AvgIpc) is 2.97. The molecular weight excluding hydrogens is 623 g/mol. The smallest absolute Gasteiger partial charge is 0.331 e. The van der Waals surface area contributed by atoms with Gasteiger partial charge in [0.25, 0.3) is 0 Å². The fourth-order valence-corrected chi connectivity index (χ4v) is 5.01. The largest absolute Gasteiger partial charge is 0.389 e. The van der Waals surface area contributed by atoms with Crippen molar-refractivity contribution in [3.05, 3.63) is 82.4 Å². The van der Waals surface area contributed by atoms with Crippen molar-refractivity contribution in [1.82, 2.24) is 5.32 Å². The summed E-state index contributed by atoms with van der Waals surface area (Å²) < 4.78 is 78.2. The third-order valence-corrected chi connectivity index (χ3v) is 6.98. The molecule has 1 aliphatic heterocycles. The molecule has 3 atom stereocenters. The number of benzene rings is 2. The number of nitrogens with one attached hydrogen (secondary N) is 1. The summed E-state index contributed by atoms with van der Waals surface area (Å²) in [5, 5.41) is 2.61. The summed E-state index contributed by atoms with van der Waals surface area (Å²) in [6, 6.07) is 14.3. The second-order valence-corrected chi connectivity index (χ2v) is 10.2. The van der Waals surface area contributed by atoms with Gasteiger partial charge in [0.15, 0.2) is 0 Å². The number of nitrogens with zero attached hydrogens (tertiary/aromatic N) is 1. The zero-order valence-electron chi connectivity index (χ0n) is 23.0. The number of rotatable bonds is 9. The molecular formula is C30H31F6N2O2Y-. The van der Waals surface area contributed by atoms with Crippen LogP contribution in [0.5, 0.6) is 0 Å². The number of carbonyl (C=O) groups is 2. The van der Waals surface area contributed by atoms with Crippen LogP contribution in [0.25, 0.3) is 0 Å². The van der Waals surface area contributed by atoms with Gasteiger partial charge >= 0.3 is 12.4 Å². The Morgan fingerprint density at radius 2 is 1.59 bits per heavy atom. The van der Waals surface area contributed by atoms with E-state index in [0.29, 0.717) is 11.3 Å². The van der Waals surface area contributed by atoms with Gasteiger partial charge in [0.1, 0.15) is 11.9 Å². The van der Waals surface area contributed by atoms with Gasteiger partial charge in [-0.3, -0.25) is 14.6 Å². The van der Waals surface area contributed by atoms with Gasteiger partial charge < -0.3 is 5.32 Å². The minimum Gasteiger partial charge on any atom is -0.331 e. The number of aliphatic imine (C=N–C) groups is 1. The van der Waals surface area contributed by atoms with Crippen LogP contribution in [0.1, 0.15) is 60.4 Å². The summed E-state index contributed by atoms with van der Waals surface area (Å²) in [4.78, 5) is 30.5. The number of carbonyl (C=O) groups excluding carboxylic acids is 2. The van der Waals surface area contributed by atoms with E-state index in [2.05, 4.69) is 18.0 Å². The van der Waals surface area contributed by atoms with Gasteiger partial charge in [-0.1, -0.05) is 50.8 Å². The fraction of sp³-hybridized carbons (Fsp3) is 0.433. The van der Waals surface area contributed by atoms with Crippen molar-refractivity contribution in [2.75, 3.05) is 0 Å². The third kappa shape index (κ3) is 9.88. The van der Waals surface area contributed by atoms with Crippen LogP contribution in [-0.4, -0.2) is 35.9 Å². The molecule has 3 rings (SSSR count). The predicted octanol–water partition coefficient (Wildman–Crippen LogP) is 7.00. The molecule has 11 heteroatoms. The van der Waals surface area contributed by atoms with E-state index in [1.54, 1.807) is 0 Å². The quantitative estimate of drug-likeness (QED) is 0.180.